The number of hydrogen-bond donors (Lipinski definition) is 2. The van der Waals surface area contributed by atoms with Crippen LogP contribution in [-0.2, 0) is 11.2 Å². The molecule has 2 aromatic rings. The van der Waals surface area contributed by atoms with Crippen molar-refractivity contribution >= 4 is 58.2 Å². The first-order valence-corrected chi connectivity index (χ1v) is 10.9. The summed E-state index contributed by atoms with van der Waals surface area (Å²) in [7, 11) is 1.80. The minimum atomic E-state index is -0.102. The molecule has 0 radical (unpaired) electrons. The molecule has 0 saturated carbocycles. The van der Waals surface area contributed by atoms with Crippen molar-refractivity contribution in [1.82, 2.24) is 19.6 Å². The van der Waals surface area contributed by atoms with Crippen LogP contribution in [-0.4, -0.2) is 72.5 Å². The van der Waals surface area contributed by atoms with Gasteiger partial charge in [-0.3, -0.25) is 9.79 Å². The van der Waals surface area contributed by atoms with Crippen LogP contribution >= 0.6 is 35.5 Å². The van der Waals surface area contributed by atoms with Crippen molar-refractivity contribution < 1.29 is 9.53 Å². The van der Waals surface area contributed by atoms with E-state index < -0.39 is 0 Å². The molecule has 0 aliphatic carbocycles. The molecule has 1 fully saturated rings. The maximum absolute atomic E-state index is 11.2. The summed E-state index contributed by atoms with van der Waals surface area (Å²) >= 11 is 1.48. The van der Waals surface area contributed by atoms with E-state index >= 15 is 0 Å². The summed E-state index contributed by atoms with van der Waals surface area (Å²) < 4.78 is 10.2. The van der Waals surface area contributed by atoms with Gasteiger partial charge < -0.3 is 25.2 Å². The fraction of sp³-hybridized carbons (Fsp3) is 0.500. The zero-order valence-corrected chi connectivity index (χ0v) is 21.3. The Bertz CT molecular complexity index is 869. The van der Waals surface area contributed by atoms with Gasteiger partial charge in [-0.1, -0.05) is 13.0 Å². The second-order valence-corrected chi connectivity index (χ2v) is 7.58. The van der Waals surface area contributed by atoms with Crippen molar-refractivity contribution in [2.75, 3.05) is 56.6 Å². The molecule has 3 rings (SSSR count). The smallest absolute Gasteiger partial charge is 0.221 e. The van der Waals surface area contributed by atoms with Gasteiger partial charge in [-0.25, -0.2) is 4.98 Å². The van der Waals surface area contributed by atoms with Gasteiger partial charge in [-0.2, -0.15) is 4.37 Å². The number of guanidine groups is 1. The third-order valence-corrected chi connectivity index (χ3v) is 5.46. The molecule has 9 nitrogen and oxygen atoms in total. The van der Waals surface area contributed by atoms with Crippen molar-refractivity contribution in [2.45, 2.75) is 20.3 Å². The Hall–Kier alpha value is -2.15. The predicted octanol–water partition coefficient (Wildman–Crippen LogP) is 2.45. The second kappa shape index (κ2) is 12.6. The SMILES string of the molecule is CCc1nsc(N2CCN(C(=NC)NCCOc3cccc(NC(C)=O)c3)CC2)n1.I. The molecule has 1 saturated heterocycles. The molecule has 0 bridgehead atoms. The van der Waals surface area contributed by atoms with Gasteiger partial charge in [0.1, 0.15) is 18.2 Å². The van der Waals surface area contributed by atoms with E-state index in [1.165, 1.54) is 18.5 Å². The standard InChI is InChI=1S/C20H29N7O2S.HI/c1-4-18-24-20(30-25-18)27-11-9-26(10-12-27)19(21-3)22-8-13-29-17-7-5-6-16(14-17)23-15(2)28;/h5-7,14H,4,8-13H2,1-3H3,(H,21,22)(H,23,28);1H. The lowest BCUT2D eigenvalue weighted by Crippen LogP contribution is -2.53. The zero-order valence-electron chi connectivity index (χ0n) is 18.1. The van der Waals surface area contributed by atoms with Gasteiger partial charge >= 0.3 is 0 Å². The van der Waals surface area contributed by atoms with E-state index in [2.05, 4.69) is 41.7 Å². The van der Waals surface area contributed by atoms with E-state index in [4.69, 9.17) is 4.74 Å². The summed E-state index contributed by atoms with van der Waals surface area (Å²) in [6.45, 7) is 8.22. The van der Waals surface area contributed by atoms with Crippen LogP contribution in [0.2, 0.25) is 0 Å². The molecular formula is C20H30IN7O2S. The number of halogens is 1. The van der Waals surface area contributed by atoms with Gasteiger partial charge in [0.25, 0.3) is 0 Å². The van der Waals surface area contributed by atoms with Gasteiger partial charge in [0, 0.05) is 69.9 Å². The van der Waals surface area contributed by atoms with Gasteiger partial charge in [0.15, 0.2) is 5.96 Å². The number of rotatable bonds is 7. The van der Waals surface area contributed by atoms with Gasteiger partial charge in [-0.05, 0) is 12.1 Å². The Morgan fingerprint density at radius 1 is 1.29 bits per heavy atom. The number of hydrogen-bond acceptors (Lipinski definition) is 7. The van der Waals surface area contributed by atoms with Crippen molar-refractivity contribution in [1.29, 1.82) is 0 Å². The Balaban J connectivity index is 0.00000341. The summed E-state index contributed by atoms with van der Waals surface area (Å²) in [5.41, 5.74) is 0.725. The lowest BCUT2D eigenvalue weighted by molar-refractivity contribution is -0.114. The summed E-state index contributed by atoms with van der Waals surface area (Å²) in [4.78, 5) is 24.7. The summed E-state index contributed by atoms with van der Waals surface area (Å²) in [6.07, 6.45) is 0.868. The first-order valence-electron chi connectivity index (χ1n) is 10.1. The largest absolute Gasteiger partial charge is 0.492 e. The Morgan fingerprint density at radius 3 is 2.71 bits per heavy atom. The monoisotopic (exact) mass is 559 g/mol. The number of carbonyl (C=O) groups excluding carboxylic acids is 1. The maximum Gasteiger partial charge on any atom is 0.221 e. The predicted molar refractivity (Wildman–Crippen MR) is 136 cm³/mol. The number of nitrogens with zero attached hydrogens (tertiary/aromatic N) is 5. The fourth-order valence-corrected chi connectivity index (χ4v) is 3.96. The molecule has 170 valence electrons. The number of nitrogens with one attached hydrogen (secondary N) is 2. The molecule has 2 N–H and O–H groups in total. The summed E-state index contributed by atoms with van der Waals surface area (Å²) in [5.74, 6) is 2.40. The topological polar surface area (TPSA) is 95.0 Å². The van der Waals surface area contributed by atoms with Gasteiger partial charge in [-0.15, -0.1) is 24.0 Å². The lowest BCUT2D eigenvalue weighted by atomic mass is 10.3. The Labute approximate surface area is 204 Å². The number of ether oxygens (including phenoxy) is 1. The number of anilines is 2. The molecule has 0 spiro atoms. The number of carbonyl (C=O) groups is 1. The number of aromatic nitrogens is 2. The quantitative estimate of drug-likeness (QED) is 0.233. The molecule has 2 heterocycles. The average Bonchev–Trinajstić information content (AvgIpc) is 3.23. The van der Waals surface area contributed by atoms with Crippen molar-refractivity contribution in [2.24, 2.45) is 4.99 Å². The molecule has 1 aliphatic heterocycles. The van der Waals surface area contributed by atoms with Gasteiger partial charge in [0.05, 0.1) is 6.54 Å². The molecule has 31 heavy (non-hydrogen) atoms. The second-order valence-electron chi connectivity index (χ2n) is 6.85. The summed E-state index contributed by atoms with van der Waals surface area (Å²) in [6, 6.07) is 7.37. The third kappa shape index (κ3) is 7.49. The molecule has 1 aliphatic rings. The van der Waals surface area contributed by atoms with E-state index in [0.717, 1.165) is 61.0 Å². The maximum atomic E-state index is 11.2. The van der Waals surface area contributed by atoms with Gasteiger partial charge in [0.2, 0.25) is 11.0 Å². The number of aryl methyl sites for hydroxylation is 1. The normalized spacial score (nSPS) is 14.1. The first kappa shape index (κ1) is 25.1. The zero-order chi connectivity index (χ0) is 21.3. The molecule has 0 unspecified atom stereocenters. The van der Waals surface area contributed by atoms with Crippen molar-refractivity contribution in [3.63, 3.8) is 0 Å². The Morgan fingerprint density at radius 2 is 2.06 bits per heavy atom. The van der Waals surface area contributed by atoms with Crippen LogP contribution in [0.4, 0.5) is 10.8 Å². The first-order chi connectivity index (χ1) is 14.6. The van der Waals surface area contributed by atoms with Crippen LogP contribution in [0.5, 0.6) is 5.75 Å². The van der Waals surface area contributed by atoms with E-state index in [1.54, 1.807) is 7.05 Å². The van der Waals surface area contributed by atoms with Crippen LogP contribution in [0.3, 0.4) is 0 Å². The molecule has 1 aromatic carbocycles. The minimum absolute atomic E-state index is 0. The highest BCUT2D eigenvalue weighted by atomic mass is 127. The molecular weight excluding hydrogens is 529 g/mol. The molecule has 11 heteroatoms. The number of benzene rings is 1. The lowest BCUT2D eigenvalue weighted by Gasteiger charge is -2.36. The third-order valence-electron chi connectivity index (χ3n) is 4.64. The van der Waals surface area contributed by atoms with E-state index in [9.17, 15) is 4.79 Å². The highest BCUT2D eigenvalue weighted by molar-refractivity contribution is 14.0. The molecule has 1 aromatic heterocycles. The number of aliphatic imine (C=N–C) groups is 1. The summed E-state index contributed by atoms with van der Waals surface area (Å²) in [5, 5.41) is 7.12. The minimum Gasteiger partial charge on any atom is -0.492 e. The van der Waals surface area contributed by atoms with Crippen molar-refractivity contribution in [3.05, 3.63) is 30.1 Å². The highest BCUT2D eigenvalue weighted by Crippen LogP contribution is 2.19. The number of piperazine rings is 1. The molecule has 0 atom stereocenters. The van der Waals surface area contributed by atoms with Crippen LogP contribution in [0, 0.1) is 0 Å². The van der Waals surface area contributed by atoms with Crippen LogP contribution < -0.4 is 20.3 Å². The van der Waals surface area contributed by atoms with Crippen molar-refractivity contribution in [3.8, 4) is 5.75 Å². The molecule has 1 amide bonds. The van der Waals surface area contributed by atoms with Crippen LogP contribution in [0.25, 0.3) is 0 Å². The van der Waals surface area contributed by atoms with Crippen LogP contribution in [0.1, 0.15) is 19.7 Å². The van der Waals surface area contributed by atoms with Crippen LogP contribution in [0.15, 0.2) is 29.3 Å². The number of amides is 1. The fourth-order valence-electron chi connectivity index (χ4n) is 3.16. The Kier molecular flexibility index (Phi) is 10.2. The van der Waals surface area contributed by atoms with E-state index in [0.29, 0.717) is 13.2 Å². The average molecular weight is 559 g/mol. The van der Waals surface area contributed by atoms with E-state index in [1.807, 2.05) is 24.3 Å². The van der Waals surface area contributed by atoms with E-state index in [-0.39, 0.29) is 29.9 Å². The highest BCUT2D eigenvalue weighted by Gasteiger charge is 2.21.